The van der Waals surface area contributed by atoms with Crippen LogP contribution in [0.4, 0.5) is 9.59 Å². The zero-order valence-corrected chi connectivity index (χ0v) is 27.6. The van der Waals surface area contributed by atoms with Gasteiger partial charge in [0.05, 0.1) is 27.3 Å². The van der Waals surface area contributed by atoms with Crippen LogP contribution in [0.25, 0.3) is 0 Å². The molecular weight excluding hydrogens is 604 g/mol. The standard InChI is InChI=1S/C15H19NO5.C12H15NO5.C5H12O2/c1-15(2)16(9-12(21-15)13(17)19-3)14(18)20-10-11-7-5-4-6-8-11;1-17-11(15)10(14)7-13-12(16)18-8-9-5-3-2-4-6-9;1-5(2,6-3)7-4/h4-8,12H,9-10H2,1-3H3;2-6,10,14H,7-8H2,1H3,(H,13,16);1-4H3/t12-;10-;/m00./s1. The quantitative estimate of drug-likeness (QED) is 0.219. The number of nitrogens with zero attached hydrogens (tertiary/aromatic N) is 1. The van der Waals surface area contributed by atoms with E-state index in [0.29, 0.717) is 0 Å². The second-order valence-electron chi connectivity index (χ2n) is 10.5. The Bertz CT molecular complexity index is 1200. The molecular formula is C32H46N2O12. The van der Waals surface area contributed by atoms with Crippen molar-refractivity contribution < 1.29 is 57.4 Å². The Kier molecular flexibility index (Phi) is 17.3. The van der Waals surface area contributed by atoms with Gasteiger partial charge in [0.15, 0.2) is 18.0 Å². The van der Waals surface area contributed by atoms with Crippen LogP contribution in [0, 0.1) is 0 Å². The van der Waals surface area contributed by atoms with Crippen LogP contribution < -0.4 is 5.32 Å². The average Bonchev–Trinajstić information content (AvgIpc) is 3.40. The van der Waals surface area contributed by atoms with Gasteiger partial charge in [-0.3, -0.25) is 4.90 Å². The van der Waals surface area contributed by atoms with Crippen molar-refractivity contribution in [1.82, 2.24) is 10.2 Å². The van der Waals surface area contributed by atoms with E-state index in [1.54, 1.807) is 28.1 Å². The van der Waals surface area contributed by atoms with E-state index in [0.717, 1.165) is 18.2 Å². The van der Waals surface area contributed by atoms with Gasteiger partial charge in [-0.2, -0.15) is 0 Å². The minimum absolute atomic E-state index is 0.118. The van der Waals surface area contributed by atoms with Crippen molar-refractivity contribution in [1.29, 1.82) is 0 Å². The number of alkyl carbamates (subject to hydrolysis) is 1. The summed E-state index contributed by atoms with van der Waals surface area (Å²) in [6.07, 6.45) is -3.40. The van der Waals surface area contributed by atoms with E-state index in [-0.39, 0.29) is 26.3 Å². The molecule has 1 fully saturated rings. The van der Waals surface area contributed by atoms with E-state index < -0.39 is 47.8 Å². The molecule has 1 saturated heterocycles. The van der Waals surface area contributed by atoms with Gasteiger partial charge in [-0.05, 0) is 38.8 Å². The second-order valence-corrected chi connectivity index (χ2v) is 10.5. The Morgan fingerprint density at radius 2 is 1.39 bits per heavy atom. The second kappa shape index (κ2) is 20.0. The molecule has 46 heavy (non-hydrogen) atoms. The van der Waals surface area contributed by atoms with Crippen LogP contribution in [0.2, 0.25) is 0 Å². The minimum Gasteiger partial charge on any atom is -0.467 e. The summed E-state index contributed by atoms with van der Waals surface area (Å²) in [6.45, 7) is 7.29. The predicted octanol–water partition coefficient (Wildman–Crippen LogP) is 3.40. The summed E-state index contributed by atoms with van der Waals surface area (Å²) in [5.74, 6) is -1.72. The average molecular weight is 651 g/mol. The van der Waals surface area contributed by atoms with E-state index in [4.69, 9.17) is 23.7 Å². The van der Waals surface area contributed by atoms with Gasteiger partial charge < -0.3 is 43.6 Å². The van der Waals surface area contributed by atoms with Crippen LogP contribution in [0.15, 0.2) is 60.7 Å². The van der Waals surface area contributed by atoms with Crippen LogP contribution >= 0.6 is 0 Å². The van der Waals surface area contributed by atoms with Gasteiger partial charge in [0.2, 0.25) is 0 Å². The maximum atomic E-state index is 12.2. The van der Waals surface area contributed by atoms with Crippen LogP contribution in [-0.2, 0) is 56.0 Å². The Morgan fingerprint density at radius 1 is 0.891 bits per heavy atom. The van der Waals surface area contributed by atoms with Crippen molar-refractivity contribution in [2.24, 2.45) is 0 Å². The highest BCUT2D eigenvalue weighted by Gasteiger charge is 2.46. The lowest BCUT2D eigenvalue weighted by molar-refractivity contribution is -0.178. The van der Waals surface area contributed by atoms with Crippen molar-refractivity contribution in [3.63, 3.8) is 0 Å². The lowest BCUT2D eigenvalue weighted by Gasteiger charge is -2.28. The molecule has 0 aliphatic carbocycles. The van der Waals surface area contributed by atoms with Crippen LogP contribution in [0.5, 0.6) is 0 Å². The number of rotatable bonds is 10. The monoisotopic (exact) mass is 650 g/mol. The van der Waals surface area contributed by atoms with Gasteiger partial charge in [-0.1, -0.05) is 60.7 Å². The summed E-state index contributed by atoms with van der Waals surface area (Å²) < 4.78 is 34.3. The molecule has 14 heteroatoms. The number of carbonyl (C=O) groups excluding carboxylic acids is 4. The van der Waals surface area contributed by atoms with E-state index >= 15 is 0 Å². The SMILES string of the molecule is COC(=O)[C@@H](O)CNC(=O)OCc1ccccc1.COC(=O)[C@@H]1CN(C(=O)OCc2ccccc2)C(C)(C)O1.COC(C)(C)OC. The Hall–Kier alpha value is -4.24. The summed E-state index contributed by atoms with van der Waals surface area (Å²) in [5.41, 5.74) is 0.835. The first-order chi connectivity index (χ1) is 21.7. The molecule has 1 aliphatic heterocycles. The summed E-state index contributed by atoms with van der Waals surface area (Å²) in [4.78, 5) is 47.1. The molecule has 256 valence electrons. The fourth-order valence-electron chi connectivity index (χ4n) is 3.44. The van der Waals surface area contributed by atoms with Crippen molar-refractivity contribution >= 4 is 24.1 Å². The lowest BCUT2D eigenvalue weighted by Crippen LogP contribution is -2.43. The van der Waals surface area contributed by atoms with E-state index in [1.807, 2.05) is 74.5 Å². The van der Waals surface area contributed by atoms with E-state index in [9.17, 15) is 24.3 Å². The molecule has 2 amide bonds. The molecule has 0 aromatic heterocycles. The number of amides is 2. The molecule has 0 unspecified atom stereocenters. The maximum absolute atomic E-state index is 12.2. The first kappa shape index (κ1) is 39.8. The molecule has 0 saturated carbocycles. The summed E-state index contributed by atoms with van der Waals surface area (Å²) >= 11 is 0. The highest BCUT2D eigenvalue weighted by Crippen LogP contribution is 2.28. The lowest BCUT2D eigenvalue weighted by atomic mass is 10.2. The zero-order valence-electron chi connectivity index (χ0n) is 27.6. The molecule has 0 bridgehead atoms. The predicted molar refractivity (Wildman–Crippen MR) is 165 cm³/mol. The number of benzene rings is 2. The third kappa shape index (κ3) is 14.7. The Balaban J connectivity index is 0.000000386. The van der Waals surface area contributed by atoms with E-state index in [1.165, 1.54) is 12.0 Å². The molecule has 1 heterocycles. The number of ether oxygens (including phenoxy) is 7. The summed E-state index contributed by atoms with van der Waals surface area (Å²) in [6, 6.07) is 18.5. The number of aliphatic hydroxyl groups excluding tert-OH is 1. The maximum Gasteiger partial charge on any atom is 0.412 e. The van der Waals surface area contributed by atoms with Gasteiger partial charge in [0.25, 0.3) is 0 Å². The minimum atomic E-state index is -1.39. The molecule has 2 atom stereocenters. The largest absolute Gasteiger partial charge is 0.467 e. The number of carbonyl (C=O) groups is 4. The van der Waals surface area contributed by atoms with Crippen molar-refractivity contribution in [3.05, 3.63) is 71.8 Å². The first-order valence-electron chi connectivity index (χ1n) is 14.2. The normalized spacial score (nSPS) is 15.5. The van der Waals surface area contributed by atoms with Crippen LogP contribution in [0.1, 0.15) is 38.8 Å². The number of esters is 2. The molecule has 2 aromatic rings. The highest BCUT2D eigenvalue weighted by molar-refractivity contribution is 5.77. The van der Waals surface area contributed by atoms with Gasteiger partial charge in [0, 0.05) is 14.2 Å². The van der Waals surface area contributed by atoms with Gasteiger partial charge in [-0.15, -0.1) is 0 Å². The van der Waals surface area contributed by atoms with Crippen LogP contribution in [-0.4, -0.2) is 99.4 Å². The van der Waals surface area contributed by atoms with Crippen molar-refractivity contribution in [3.8, 4) is 0 Å². The number of nitrogens with one attached hydrogen (secondary N) is 1. The molecule has 1 aliphatic rings. The number of methoxy groups -OCH3 is 4. The van der Waals surface area contributed by atoms with Gasteiger partial charge in [-0.25, -0.2) is 19.2 Å². The van der Waals surface area contributed by atoms with Gasteiger partial charge >= 0.3 is 24.1 Å². The molecule has 14 nitrogen and oxygen atoms in total. The fraction of sp³-hybridized carbons (Fsp3) is 0.500. The zero-order chi connectivity index (χ0) is 34.8. The number of hydrogen-bond acceptors (Lipinski definition) is 12. The molecule has 0 radical (unpaired) electrons. The highest BCUT2D eigenvalue weighted by atomic mass is 16.7. The third-order valence-corrected chi connectivity index (χ3v) is 6.43. The third-order valence-electron chi connectivity index (χ3n) is 6.43. The summed E-state index contributed by atoms with van der Waals surface area (Å²) in [5, 5.41) is 11.5. The summed E-state index contributed by atoms with van der Waals surface area (Å²) in [7, 11) is 5.67. The molecule has 2 N–H and O–H groups in total. The Labute approximate surface area is 269 Å². The Morgan fingerprint density at radius 3 is 1.83 bits per heavy atom. The number of hydrogen-bond donors (Lipinski definition) is 2. The van der Waals surface area contributed by atoms with Crippen LogP contribution in [0.3, 0.4) is 0 Å². The molecule has 0 spiro atoms. The van der Waals surface area contributed by atoms with Crippen molar-refractivity contribution in [2.75, 3.05) is 41.5 Å². The van der Waals surface area contributed by atoms with E-state index in [2.05, 4.69) is 14.8 Å². The molecule has 3 rings (SSSR count). The van der Waals surface area contributed by atoms with Crippen molar-refractivity contribution in [2.45, 2.75) is 64.6 Å². The number of aliphatic hydroxyl groups is 1. The van der Waals surface area contributed by atoms with Gasteiger partial charge in [0.1, 0.15) is 18.9 Å². The fourth-order valence-corrected chi connectivity index (χ4v) is 3.44. The first-order valence-corrected chi connectivity index (χ1v) is 14.2. The smallest absolute Gasteiger partial charge is 0.412 e. The topological polar surface area (TPSA) is 168 Å². The molecule has 2 aromatic carbocycles.